The number of ether oxygens (including phenoxy) is 1. The molecule has 2 aliphatic rings. The maximum Gasteiger partial charge on any atom is 0.322 e. The highest BCUT2D eigenvalue weighted by atomic mass is 35.5. The van der Waals surface area contributed by atoms with Crippen LogP contribution in [0.5, 0.6) is 0 Å². The van der Waals surface area contributed by atoms with E-state index in [2.05, 4.69) is 10.1 Å². The van der Waals surface area contributed by atoms with Crippen molar-refractivity contribution in [2.75, 3.05) is 26.8 Å². The number of alkyl halides is 3. The zero-order valence-corrected chi connectivity index (χ0v) is 14.2. The van der Waals surface area contributed by atoms with E-state index in [0.29, 0.717) is 4.90 Å². The molecular formula is C13H21ClF3N3O5. The Morgan fingerprint density at radius 1 is 1.40 bits per heavy atom. The van der Waals surface area contributed by atoms with Crippen LogP contribution in [0.2, 0.25) is 0 Å². The minimum absolute atomic E-state index is 0. The summed E-state index contributed by atoms with van der Waals surface area (Å²) < 4.78 is 42.5. The van der Waals surface area contributed by atoms with Gasteiger partial charge in [0, 0.05) is 19.4 Å². The Labute approximate surface area is 148 Å². The van der Waals surface area contributed by atoms with E-state index in [-0.39, 0.29) is 31.3 Å². The van der Waals surface area contributed by atoms with E-state index in [0.717, 1.165) is 0 Å². The molecule has 4 N–H and O–H groups in total. The van der Waals surface area contributed by atoms with Gasteiger partial charge in [0.2, 0.25) is 11.8 Å². The molecule has 2 amide bonds. The van der Waals surface area contributed by atoms with Crippen molar-refractivity contribution in [2.45, 2.75) is 37.0 Å². The molecule has 2 saturated heterocycles. The maximum atomic E-state index is 12.8. The van der Waals surface area contributed by atoms with Crippen LogP contribution < -0.4 is 11.1 Å². The third-order valence-electron chi connectivity index (χ3n) is 3.62. The number of aliphatic hydroxyl groups is 1. The number of hydrogen-bond acceptors (Lipinski definition) is 6. The quantitative estimate of drug-likeness (QED) is 0.529. The van der Waals surface area contributed by atoms with Gasteiger partial charge in [0.1, 0.15) is 24.9 Å². The number of carbonyl (C=O) groups is 3. The van der Waals surface area contributed by atoms with Crippen molar-refractivity contribution in [1.29, 1.82) is 0 Å². The molecule has 0 bridgehead atoms. The molecule has 2 aliphatic heterocycles. The number of methoxy groups -OCH3 is 1. The predicted octanol–water partition coefficient (Wildman–Crippen LogP) is -1.02. The topological polar surface area (TPSA) is 122 Å². The number of likely N-dealkylation sites (tertiary alicyclic amines) is 1. The lowest BCUT2D eigenvalue weighted by molar-refractivity contribution is -0.142. The molecule has 0 aromatic rings. The van der Waals surface area contributed by atoms with Gasteiger partial charge in [-0.3, -0.25) is 14.4 Å². The van der Waals surface area contributed by atoms with Gasteiger partial charge in [-0.2, -0.15) is 0 Å². The van der Waals surface area contributed by atoms with Crippen LogP contribution in [0.1, 0.15) is 12.8 Å². The van der Waals surface area contributed by atoms with Crippen LogP contribution in [-0.4, -0.2) is 78.8 Å². The Balaban J connectivity index is 0.000000465. The SMILES string of the molecule is COC(=O)[C@@H]1C[C@H](F)CN1.Cl.NC(=O)[C@@H]1CC(F)(F)CN1C(=O)CO. The van der Waals surface area contributed by atoms with Gasteiger partial charge < -0.3 is 25.8 Å². The van der Waals surface area contributed by atoms with E-state index < -0.39 is 55.6 Å². The predicted molar refractivity (Wildman–Crippen MR) is 81.9 cm³/mol. The second-order valence-electron chi connectivity index (χ2n) is 5.47. The molecule has 2 rings (SSSR count). The number of esters is 1. The van der Waals surface area contributed by atoms with Crippen molar-refractivity contribution < 1.29 is 37.4 Å². The molecule has 0 spiro atoms. The molecule has 3 atom stereocenters. The molecular weight excluding hydrogens is 371 g/mol. The summed E-state index contributed by atoms with van der Waals surface area (Å²) in [6.45, 7) is -1.50. The molecule has 2 fully saturated rings. The van der Waals surface area contributed by atoms with Crippen LogP contribution >= 0.6 is 12.4 Å². The number of aliphatic hydroxyl groups excluding tert-OH is 1. The number of nitrogens with two attached hydrogens (primary N) is 1. The number of amides is 2. The van der Waals surface area contributed by atoms with Gasteiger partial charge >= 0.3 is 5.97 Å². The lowest BCUT2D eigenvalue weighted by atomic mass is 10.2. The highest BCUT2D eigenvalue weighted by Crippen LogP contribution is 2.31. The number of primary amides is 1. The fourth-order valence-corrected chi connectivity index (χ4v) is 2.44. The van der Waals surface area contributed by atoms with Crippen molar-refractivity contribution in [1.82, 2.24) is 10.2 Å². The van der Waals surface area contributed by atoms with E-state index >= 15 is 0 Å². The number of hydrogen-bond donors (Lipinski definition) is 3. The van der Waals surface area contributed by atoms with Gasteiger partial charge in [0.25, 0.3) is 5.92 Å². The lowest BCUT2D eigenvalue weighted by Crippen LogP contribution is -2.44. The van der Waals surface area contributed by atoms with Crippen LogP contribution in [0.4, 0.5) is 13.2 Å². The summed E-state index contributed by atoms with van der Waals surface area (Å²) in [5, 5.41) is 11.2. The Hall–Kier alpha value is -1.59. The summed E-state index contributed by atoms with van der Waals surface area (Å²) in [4.78, 5) is 33.0. The first-order valence-corrected chi connectivity index (χ1v) is 7.14. The van der Waals surface area contributed by atoms with Crippen molar-refractivity contribution in [3.05, 3.63) is 0 Å². The molecule has 0 aliphatic carbocycles. The first-order valence-electron chi connectivity index (χ1n) is 7.14. The second-order valence-corrected chi connectivity index (χ2v) is 5.47. The highest BCUT2D eigenvalue weighted by Gasteiger charge is 2.49. The first-order chi connectivity index (χ1) is 11.1. The van der Waals surface area contributed by atoms with E-state index in [1.807, 2.05) is 0 Å². The third kappa shape index (κ3) is 6.67. The fraction of sp³-hybridized carbons (Fsp3) is 0.769. The number of nitrogens with zero attached hydrogens (tertiary/aromatic N) is 1. The molecule has 0 aromatic heterocycles. The second kappa shape index (κ2) is 9.78. The van der Waals surface area contributed by atoms with Crippen molar-refractivity contribution in [2.24, 2.45) is 5.73 Å². The molecule has 2 heterocycles. The Morgan fingerprint density at radius 3 is 2.40 bits per heavy atom. The minimum Gasteiger partial charge on any atom is -0.468 e. The molecule has 25 heavy (non-hydrogen) atoms. The van der Waals surface area contributed by atoms with E-state index in [1.165, 1.54) is 7.11 Å². The molecule has 0 aromatic carbocycles. The number of nitrogens with one attached hydrogen (secondary N) is 1. The van der Waals surface area contributed by atoms with Gasteiger partial charge in [0.15, 0.2) is 0 Å². The summed E-state index contributed by atoms with van der Waals surface area (Å²) in [5.74, 6) is -5.38. The zero-order valence-electron chi connectivity index (χ0n) is 13.4. The number of halogens is 4. The van der Waals surface area contributed by atoms with Crippen molar-refractivity contribution in [3.63, 3.8) is 0 Å². The normalized spacial score (nSPS) is 26.9. The molecule has 12 heteroatoms. The highest BCUT2D eigenvalue weighted by molar-refractivity contribution is 5.87. The lowest BCUT2D eigenvalue weighted by Gasteiger charge is -2.19. The van der Waals surface area contributed by atoms with E-state index in [9.17, 15) is 27.6 Å². The van der Waals surface area contributed by atoms with Crippen molar-refractivity contribution >= 4 is 30.2 Å². The molecule has 8 nitrogen and oxygen atoms in total. The van der Waals surface area contributed by atoms with Crippen LogP contribution in [0.25, 0.3) is 0 Å². The fourth-order valence-electron chi connectivity index (χ4n) is 2.44. The first kappa shape index (κ1) is 23.4. The Bertz CT molecular complexity index is 498. The summed E-state index contributed by atoms with van der Waals surface area (Å²) >= 11 is 0. The number of carbonyl (C=O) groups excluding carboxylic acids is 3. The molecule has 0 unspecified atom stereocenters. The Kier molecular flexibility index (Phi) is 9.16. The van der Waals surface area contributed by atoms with Gasteiger partial charge in [0.05, 0.1) is 13.7 Å². The molecule has 0 saturated carbocycles. The summed E-state index contributed by atoms with van der Waals surface area (Å²) in [6, 6.07) is -1.75. The monoisotopic (exact) mass is 391 g/mol. The van der Waals surface area contributed by atoms with Gasteiger partial charge in [-0.15, -0.1) is 12.4 Å². The minimum atomic E-state index is -3.11. The standard InChI is InChI=1S/C7H10F2N2O3.C6H10FNO2.ClH/c8-7(9)1-4(6(10)14)11(3-7)5(13)2-12;1-10-6(9)5-2-4(7)3-8-5;/h4,12H,1-3H2,(H2,10,14);4-5,8H,2-3H2,1H3;1H/t4-;4-,5-;/m00./s1. The van der Waals surface area contributed by atoms with Crippen LogP contribution in [0.15, 0.2) is 0 Å². The average molecular weight is 392 g/mol. The summed E-state index contributed by atoms with van der Waals surface area (Å²) in [7, 11) is 1.30. The smallest absolute Gasteiger partial charge is 0.322 e. The van der Waals surface area contributed by atoms with E-state index in [1.54, 1.807) is 0 Å². The number of rotatable bonds is 3. The summed E-state index contributed by atoms with van der Waals surface area (Å²) in [5.41, 5.74) is 4.85. The van der Waals surface area contributed by atoms with Gasteiger partial charge in [-0.25, -0.2) is 13.2 Å². The van der Waals surface area contributed by atoms with Gasteiger partial charge in [-0.1, -0.05) is 0 Å². The zero-order chi connectivity index (χ0) is 18.5. The molecule has 0 radical (unpaired) electrons. The van der Waals surface area contributed by atoms with Crippen LogP contribution in [0, 0.1) is 0 Å². The van der Waals surface area contributed by atoms with E-state index in [4.69, 9.17) is 10.8 Å². The van der Waals surface area contributed by atoms with Crippen LogP contribution in [-0.2, 0) is 19.1 Å². The molecule has 146 valence electrons. The van der Waals surface area contributed by atoms with Crippen LogP contribution in [0.3, 0.4) is 0 Å². The summed E-state index contributed by atoms with van der Waals surface area (Å²) in [6.07, 6.45) is -1.43. The maximum absolute atomic E-state index is 12.8. The largest absolute Gasteiger partial charge is 0.468 e. The third-order valence-corrected chi connectivity index (χ3v) is 3.62. The van der Waals surface area contributed by atoms with Crippen molar-refractivity contribution in [3.8, 4) is 0 Å². The van der Waals surface area contributed by atoms with Gasteiger partial charge in [-0.05, 0) is 0 Å². The average Bonchev–Trinajstić information content (AvgIpc) is 3.09. The Morgan fingerprint density at radius 2 is 2.00 bits per heavy atom.